The smallest absolute Gasteiger partial charge is 0.310 e. The summed E-state index contributed by atoms with van der Waals surface area (Å²) in [6.07, 6.45) is 13.0. The molecule has 2 unspecified atom stereocenters. The zero-order valence-corrected chi connectivity index (χ0v) is 27.4. The summed E-state index contributed by atoms with van der Waals surface area (Å²) in [5, 5.41) is 41.8. The number of aliphatic hydroxyl groups excluding tert-OH is 1. The van der Waals surface area contributed by atoms with E-state index in [1.807, 2.05) is 0 Å². The first-order valence-electron chi connectivity index (χ1n) is 16.8. The fourth-order valence-corrected chi connectivity index (χ4v) is 11.8. The van der Waals surface area contributed by atoms with E-state index in [1.165, 1.54) is 12.1 Å². The Morgan fingerprint density at radius 2 is 1.57 bits per heavy atom. The molecular weight excluding hydrogens is 552 g/mol. The summed E-state index contributed by atoms with van der Waals surface area (Å²) in [6, 6.07) is 4.56. The van der Waals surface area contributed by atoms with Crippen molar-refractivity contribution in [3.63, 3.8) is 0 Å². The highest BCUT2D eigenvalue weighted by Gasteiger charge is 2.72. The van der Waals surface area contributed by atoms with Crippen molar-refractivity contribution < 1.29 is 30.0 Å². The minimum atomic E-state index is -0.848. The highest BCUT2D eigenvalue weighted by Crippen LogP contribution is 2.76. The van der Waals surface area contributed by atoms with E-state index in [1.54, 1.807) is 18.2 Å². The summed E-state index contributed by atoms with van der Waals surface area (Å²) in [7, 11) is 0. The van der Waals surface area contributed by atoms with Crippen LogP contribution < -0.4 is 0 Å². The lowest BCUT2D eigenvalue weighted by molar-refractivity contribution is -0.207. The Kier molecular flexibility index (Phi) is 7.10. The molecule has 4 saturated carbocycles. The van der Waals surface area contributed by atoms with Gasteiger partial charge in [0.15, 0.2) is 17.3 Å². The number of carboxylic acids is 1. The maximum Gasteiger partial charge on any atom is 0.310 e. The second kappa shape index (κ2) is 9.95. The van der Waals surface area contributed by atoms with Crippen LogP contribution in [-0.4, -0.2) is 38.3 Å². The van der Waals surface area contributed by atoms with Gasteiger partial charge in [-0.2, -0.15) is 0 Å². The lowest BCUT2D eigenvalue weighted by Gasteiger charge is -2.71. The normalized spacial score (nSPS) is 42.3. The summed E-state index contributed by atoms with van der Waals surface area (Å²) in [5.41, 5.74) is -0.624. The number of benzene rings is 1. The van der Waals surface area contributed by atoms with Gasteiger partial charge in [-0.15, -0.1) is 0 Å². The van der Waals surface area contributed by atoms with E-state index < -0.39 is 16.8 Å². The van der Waals surface area contributed by atoms with Gasteiger partial charge in [0.05, 0.1) is 16.9 Å². The molecule has 5 aliphatic carbocycles. The van der Waals surface area contributed by atoms with Gasteiger partial charge in [-0.1, -0.05) is 65.3 Å². The number of aliphatic hydroxyl groups is 1. The molecule has 0 aromatic heterocycles. The van der Waals surface area contributed by atoms with E-state index in [-0.39, 0.29) is 56.9 Å². The van der Waals surface area contributed by atoms with Crippen LogP contribution in [0.3, 0.4) is 0 Å². The third kappa shape index (κ3) is 4.14. The molecule has 240 valence electrons. The number of rotatable bonds is 4. The number of ketones is 1. The van der Waals surface area contributed by atoms with Gasteiger partial charge >= 0.3 is 5.97 Å². The van der Waals surface area contributed by atoms with Crippen LogP contribution in [0.25, 0.3) is 6.08 Å². The number of phenols is 2. The van der Waals surface area contributed by atoms with Crippen LogP contribution in [0.15, 0.2) is 35.9 Å². The molecule has 6 nitrogen and oxygen atoms in total. The first kappa shape index (κ1) is 31.4. The minimum absolute atomic E-state index is 0.0130. The van der Waals surface area contributed by atoms with Crippen molar-refractivity contribution in [3.8, 4) is 11.5 Å². The van der Waals surface area contributed by atoms with E-state index in [9.17, 15) is 25.2 Å². The molecule has 6 heteroatoms. The van der Waals surface area contributed by atoms with Crippen molar-refractivity contribution in [2.24, 2.45) is 50.2 Å². The molecule has 6 rings (SSSR count). The van der Waals surface area contributed by atoms with Crippen LogP contribution in [0.1, 0.15) is 111 Å². The quantitative estimate of drug-likeness (QED) is 0.158. The molecule has 0 radical (unpaired) electrons. The van der Waals surface area contributed by atoms with Crippen LogP contribution in [0, 0.1) is 50.2 Å². The number of aliphatic carboxylic acids is 1. The molecule has 0 aliphatic heterocycles. The van der Waals surface area contributed by atoms with Crippen LogP contribution >= 0.6 is 0 Å². The number of hydrogen-bond acceptors (Lipinski definition) is 5. The fraction of sp³-hybridized carbons (Fsp3) is 0.684. The molecule has 4 N–H and O–H groups in total. The van der Waals surface area contributed by atoms with Crippen molar-refractivity contribution in [2.45, 2.75) is 112 Å². The molecule has 0 saturated heterocycles. The number of aromatic hydroxyl groups is 2. The SMILES string of the molecule is CC1(C)CC[C@]2(C(=O)O)CC[C@]3(C(=O)/C=C/c4ccc(O)c(O)c4)C(=CCC4[C@@]5(C)CC[C@H](O)C(C)(C)C5CC[C@]43C)[C@@H]2C1. The van der Waals surface area contributed by atoms with E-state index in [2.05, 4.69) is 47.6 Å². The van der Waals surface area contributed by atoms with E-state index in [4.69, 9.17) is 0 Å². The zero-order chi connectivity index (χ0) is 32.1. The van der Waals surface area contributed by atoms with Crippen molar-refractivity contribution in [1.29, 1.82) is 0 Å². The van der Waals surface area contributed by atoms with Crippen molar-refractivity contribution in [2.75, 3.05) is 0 Å². The van der Waals surface area contributed by atoms with E-state index in [0.717, 1.165) is 50.5 Å². The fourth-order valence-electron chi connectivity index (χ4n) is 11.8. The van der Waals surface area contributed by atoms with Gasteiger partial charge < -0.3 is 20.4 Å². The summed E-state index contributed by atoms with van der Waals surface area (Å²) in [5.74, 6) is -0.755. The molecule has 0 bridgehead atoms. The van der Waals surface area contributed by atoms with Gasteiger partial charge in [0.2, 0.25) is 0 Å². The average Bonchev–Trinajstić information content (AvgIpc) is 2.95. The Morgan fingerprint density at radius 3 is 2.25 bits per heavy atom. The van der Waals surface area contributed by atoms with Gasteiger partial charge in [0.25, 0.3) is 0 Å². The van der Waals surface area contributed by atoms with Crippen LogP contribution in [0.4, 0.5) is 0 Å². The summed E-state index contributed by atoms with van der Waals surface area (Å²) >= 11 is 0. The van der Waals surface area contributed by atoms with Gasteiger partial charge in [0.1, 0.15) is 0 Å². The molecule has 0 amide bonds. The maximum absolute atomic E-state index is 15.1. The van der Waals surface area contributed by atoms with Crippen molar-refractivity contribution in [3.05, 3.63) is 41.5 Å². The second-order valence-electron chi connectivity index (χ2n) is 17.1. The lowest BCUT2D eigenvalue weighted by Crippen LogP contribution is -2.67. The first-order chi connectivity index (χ1) is 20.4. The Bertz CT molecular complexity index is 1440. The van der Waals surface area contributed by atoms with Crippen LogP contribution in [0.2, 0.25) is 0 Å². The number of allylic oxidation sites excluding steroid dienone is 3. The topological polar surface area (TPSA) is 115 Å². The highest BCUT2D eigenvalue weighted by atomic mass is 16.4. The zero-order valence-electron chi connectivity index (χ0n) is 27.4. The minimum Gasteiger partial charge on any atom is -0.504 e. The number of carbonyl (C=O) groups is 2. The summed E-state index contributed by atoms with van der Waals surface area (Å²) < 4.78 is 0. The van der Waals surface area contributed by atoms with Gasteiger partial charge in [-0.05, 0) is 127 Å². The first-order valence-corrected chi connectivity index (χ1v) is 16.8. The van der Waals surface area contributed by atoms with Crippen LogP contribution in [-0.2, 0) is 9.59 Å². The number of phenolic OH excluding ortho intramolecular Hbond substituents is 2. The Balaban J connectivity index is 1.52. The number of hydrogen-bond donors (Lipinski definition) is 4. The second-order valence-corrected chi connectivity index (χ2v) is 17.1. The lowest BCUT2D eigenvalue weighted by atomic mass is 9.32. The number of carbonyl (C=O) groups excluding carboxylic acids is 1. The molecule has 0 spiro atoms. The van der Waals surface area contributed by atoms with Gasteiger partial charge in [0, 0.05) is 0 Å². The third-order valence-corrected chi connectivity index (χ3v) is 14.3. The molecule has 1 aromatic rings. The molecule has 1 aromatic carbocycles. The van der Waals surface area contributed by atoms with Gasteiger partial charge in [-0.3, -0.25) is 9.59 Å². The molecular formula is C38H52O6. The summed E-state index contributed by atoms with van der Waals surface area (Å²) in [4.78, 5) is 28.2. The largest absolute Gasteiger partial charge is 0.504 e. The van der Waals surface area contributed by atoms with Crippen LogP contribution in [0.5, 0.6) is 11.5 Å². The predicted molar refractivity (Wildman–Crippen MR) is 171 cm³/mol. The number of carboxylic acid groups (broad SMARTS) is 1. The average molecular weight is 605 g/mol. The molecule has 44 heavy (non-hydrogen) atoms. The molecule has 8 atom stereocenters. The monoisotopic (exact) mass is 604 g/mol. The number of fused-ring (bicyclic) bond motifs is 7. The Morgan fingerprint density at radius 1 is 0.864 bits per heavy atom. The van der Waals surface area contributed by atoms with Crippen molar-refractivity contribution >= 4 is 17.8 Å². The van der Waals surface area contributed by atoms with E-state index in [0.29, 0.717) is 30.7 Å². The summed E-state index contributed by atoms with van der Waals surface area (Å²) in [6.45, 7) is 13.7. The molecule has 5 aliphatic rings. The molecule has 0 heterocycles. The predicted octanol–water partition coefficient (Wildman–Crippen LogP) is 7.91. The molecule has 4 fully saturated rings. The highest BCUT2D eigenvalue weighted by molar-refractivity contribution is 6.01. The van der Waals surface area contributed by atoms with E-state index >= 15 is 4.79 Å². The van der Waals surface area contributed by atoms with Crippen molar-refractivity contribution in [1.82, 2.24) is 0 Å². The van der Waals surface area contributed by atoms with Gasteiger partial charge in [-0.25, -0.2) is 0 Å². The standard InChI is InChI=1S/C38H52O6/c1-33(2)17-18-37(32(43)44)19-20-38(31(42)12-8-23-7-10-26(39)27(40)21-23)24(25(37)22-33)9-11-29-35(5)15-14-30(41)34(3,4)28(35)13-16-36(29,38)6/h7-10,12,21,25,28-30,39-41H,11,13-20,22H2,1-6H3,(H,43,44)/b12-8+/t25-,28?,29?,30-,35-,36+,37-,38+/m0/s1. The maximum atomic E-state index is 15.1. The third-order valence-electron chi connectivity index (χ3n) is 14.3. The Labute approximate surface area is 262 Å². The Hall–Kier alpha value is -2.60.